The number of hydrogen-bond donors (Lipinski definition) is 2. The van der Waals surface area contributed by atoms with Crippen molar-refractivity contribution in [3.63, 3.8) is 0 Å². The van der Waals surface area contributed by atoms with Gasteiger partial charge in [-0.2, -0.15) is 5.10 Å². The highest BCUT2D eigenvalue weighted by Gasteiger charge is 2.08. The van der Waals surface area contributed by atoms with E-state index in [1.807, 2.05) is 0 Å². The third-order valence-corrected chi connectivity index (χ3v) is 3.03. The van der Waals surface area contributed by atoms with E-state index in [1.54, 1.807) is 12.1 Å². The lowest BCUT2D eigenvalue weighted by atomic mass is 10.2. The molecule has 5 nitrogen and oxygen atoms in total. The Balaban J connectivity index is 2.14. The van der Waals surface area contributed by atoms with Crippen molar-refractivity contribution in [2.45, 2.75) is 13.1 Å². The van der Waals surface area contributed by atoms with E-state index in [1.165, 1.54) is 18.3 Å². The SMILES string of the molecule is O=c1c(Cl)c(NCc2cccc(F)c2)cnn1CCO. The molecule has 0 aliphatic carbocycles. The van der Waals surface area contributed by atoms with E-state index >= 15 is 0 Å². The molecule has 7 heteroatoms. The molecule has 0 aliphatic rings. The number of nitrogens with zero attached hydrogens (tertiary/aromatic N) is 2. The lowest BCUT2D eigenvalue weighted by Crippen LogP contribution is -2.25. The number of nitrogens with one attached hydrogen (secondary N) is 1. The Morgan fingerprint density at radius 2 is 2.25 bits per heavy atom. The summed E-state index contributed by atoms with van der Waals surface area (Å²) in [4.78, 5) is 11.8. The first-order chi connectivity index (χ1) is 9.61. The molecule has 1 aromatic carbocycles. The molecule has 2 N–H and O–H groups in total. The molecule has 2 rings (SSSR count). The minimum atomic E-state index is -0.482. The number of aliphatic hydroxyl groups excluding tert-OH is 1. The number of hydrogen-bond acceptors (Lipinski definition) is 4. The summed E-state index contributed by atoms with van der Waals surface area (Å²) in [6.07, 6.45) is 1.40. The van der Waals surface area contributed by atoms with E-state index in [9.17, 15) is 9.18 Å². The highest BCUT2D eigenvalue weighted by Crippen LogP contribution is 2.16. The van der Waals surface area contributed by atoms with Gasteiger partial charge >= 0.3 is 0 Å². The molecule has 0 bridgehead atoms. The summed E-state index contributed by atoms with van der Waals surface area (Å²) in [7, 11) is 0. The third-order valence-electron chi connectivity index (χ3n) is 2.67. The van der Waals surface area contributed by atoms with Gasteiger partial charge in [0.25, 0.3) is 5.56 Å². The Labute approximate surface area is 119 Å². The number of anilines is 1. The third kappa shape index (κ3) is 3.34. The topological polar surface area (TPSA) is 67.2 Å². The lowest BCUT2D eigenvalue weighted by molar-refractivity contribution is 0.266. The second kappa shape index (κ2) is 6.49. The number of halogens is 2. The summed E-state index contributed by atoms with van der Waals surface area (Å²) in [5, 5.41) is 15.6. The van der Waals surface area contributed by atoms with Crippen LogP contribution in [0.3, 0.4) is 0 Å². The van der Waals surface area contributed by atoms with Crippen LogP contribution >= 0.6 is 11.6 Å². The fourth-order valence-corrected chi connectivity index (χ4v) is 1.90. The van der Waals surface area contributed by atoms with Crippen LogP contribution in [-0.2, 0) is 13.1 Å². The number of rotatable bonds is 5. The van der Waals surface area contributed by atoms with Crippen LogP contribution in [0.1, 0.15) is 5.56 Å². The van der Waals surface area contributed by atoms with E-state index in [4.69, 9.17) is 16.7 Å². The molecule has 20 heavy (non-hydrogen) atoms. The monoisotopic (exact) mass is 297 g/mol. The molecular formula is C13H13ClFN3O2. The maximum Gasteiger partial charge on any atom is 0.287 e. The summed E-state index contributed by atoms with van der Waals surface area (Å²) in [5.74, 6) is -0.327. The van der Waals surface area contributed by atoms with Gasteiger partial charge in [-0.15, -0.1) is 0 Å². The van der Waals surface area contributed by atoms with Crippen LogP contribution in [-0.4, -0.2) is 21.5 Å². The van der Waals surface area contributed by atoms with Crippen molar-refractivity contribution in [1.29, 1.82) is 0 Å². The van der Waals surface area contributed by atoms with Crippen LogP contribution in [0.2, 0.25) is 5.02 Å². The molecule has 1 heterocycles. The van der Waals surface area contributed by atoms with Gasteiger partial charge in [-0.1, -0.05) is 23.7 Å². The van der Waals surface area contributed by atoms with Gasteiger partial charge in [0.1, 0.15) is 10.8 Å². The van der Waals surface area contributed by atoms with Gasteiger partial charge in [-0.25, -0.2) is 9.07 Å². The van der Waals surface area contributed by atoms with Gasteiger partial charge < -0.3 is 10.4 Å². The Hall–Kier alpha value is -1.92. The van der Waals surface area contributed by atoms with E-state index < -0.39 is 5.56 Å². The normalized spacial score (nSPS) is 10.6. The molecule has 0 aliphatic heterocycles. The van der Waals surface area contributed by atoms with E-state index in [0.29, 0.717) is 12.2 Å². The van der Waals surface area contributed by atoms with E-state index in [2.05, 4.69) is 10.4 Å². The van der Waals surface area contributed by atoms with Gasteiger partial charge in [0, 0.05) is 6.54 Å². The highest BCUT2D eigenvalue weighted by atomic mass is 35.5. The Kier molecular flexibility index (Phi) is 4.70. The number of aromatic nitrogens is 2. The summed E-state index contributed by atoms with van der Waals surface area (Å²) in [6, 6.07) is 6.10. The van der Waals surface area contributed by atoms with Crippen LogP contribution in [0, 0.1) is 5.82 Å². The van der Waals surface area contributed by atoms with Gasteiger partial charge in [0.15, 0.2) is 0 Å². The van der Waals surface area contributed by atoms with E-state index in [0.717, 1.165) is 10.2 Å². The Morgan fingerprint density at radius 3 is 2.95 bits per heavy atom. The summed E-state index contributed by atoms with van der Waals surface area (Å²) in [5.41, 5.74) is 0.612. The minimum Gasteiger partial charge on any atom is -0.394 e. The molecule has 0 unspecified atom stereocenters. The number of aliphatic hydroxyl groups is 1. The van der Waals surface area contributed by atoms with Crippen LogP contribution in [0.25, 0.3) is 0 Å². The Bertz CT molecular complexity index is 660. The average Bonchev–Trinajstić information content (AvgIpc) is 2.43. The average molecular weight is 298 g/mol. The molecule has 1 aromatic heterocycles. The second-order valence-electron chi connectivity index (χ2n) is 4.11. The van der Waals surface area contributed by atoms with Gasteiger partial charge in [-0.3, -0.25) is 4.79 Å². The van der Waals surface area contributed by atoms with Gasteiger partial charge in [0.2, 0.25) is 0 Å². The van der Waals surface area contributed by atoms with Crippen molar-refractivity contribution in [3.8, 4) is 0 Å². The van der Waals surface area contributed by atoms with Gasteiger partial charge in [0.05, 0.1) is 25.0 Å². The summed E-state index contributed by atoms with van der Waals surface area (Å²) >= 11 is 5.94. The molecule has 2 aromatic rings. The standard InChI is InChI=1S/C13H13ClFN3O2/c14-12-11(8-17-18(4-5-19)13(12)20)16-7-9-2-1-3-10(15)6-9/h1-3,6,8,16,19H,4-5,7H2. The smallest absolute Gasteiger partial charge is 0.287 e. The van der Waals surface area contributed by atoms with Crippen molar-refractivity contribution in [3.05, 3.63) is 57.2 Å². The van der Waals surface area contributed by atoms with Crippen LogP contribution in [0.15, 0.2) is 35.3 Å². The molecule has 0 amide bonds. The lowest BCUT2D eigenvalue weighted by Gasteiger charge is -2.09. The van der Waals surface area contributed by atoms with Crippen molar-refractivity contribution >= 4 is 17.3 Å². The summed E-state index contributed by atoms with van der Waals surface area (Å²) in [6.45, 7) is 0.213. The molecular weight excluding hydrogens is 285 g/mol. The fourth-order valence-electron chi connectivity index (χ4n) is 1.69. The quantitative estimate of drug-likeness (QED) is 0.880. The largest absolute Gasteiger partial charge is 0.394 e. The summed E-state index contributed by atoms with van der Waals surface area (Å²) < 4.78 is 14.1. The Morgan fingerprint density at radius 1 is 1.45 bits per heavy atom. The predicted octanol–water partition coefficient (Wildman–Crippen LogP) is 1.64. The zero-order valence-electron chi connectivity index (χ0n) is 10.5. The molecule has 0 saturated heterocycles. The first-order valence-electron chi connectivity index (χ1n) is 5.96. The van der Waals surface area contributed by atoms with Crippen LogP contribution < -0.4 is 10.9 Å². The van der Waals surface area contributed by atoms with Crippen molar-refractivity contribution in [2.24, 2.45) is 0 Å². The zero-order chi connectivity index (χ0) is 14.5. The molecule has 0 saturated carbocycles. The molecule has 0 radical (unpaired) electrons. The maximum absolute atomic E-state index is 13.0. The van der Waals surface area contributed by atoms with Gasteiger partial charge in [-0.05, 0) is 17.7 Å². The van der Waals surface area contributed by atoms with Crippen molar-refractivity contribution in [2.75, 3.05) is 11.9 Å². The predicted molar refractivity (Wildman–Crippen MR) is 74.3 cm³/mol. The first kappa shape index (κ1) is 14.5. The zero-order valence-corrected chi connectivity index (χ0v) is 11.3. The second-order valence-corrected chi connectivity index (χ2v) is 4.49. The molecule has 106 valence electrons. The highest BCUT2D eigenvalue weighted by molar-refractivity contribution is 6.32. The fraction of sp³-hybridized carbons (Fsp3) is 0.231. The van der Waals surface area contributed by atoms with Crippen LogP contribution in [0.4, 0.5) is 10.1 Å². The number of benzene rings is 1. The molecule has 0 atom stereocenters. The van der Waals surface area contributed by atoms with Crippen molar-refractivity contribution < 1.29 is 9.50 Å². The van der Waals surface area contributed by atoms with E-state index in [-0.39, 0.29) is 24.0 Å². The first-order valence-corrected chi connectivity index (χ1v) is 6.34. The maximum atomic E-state index is 13.0. The van der Waals surface area contributed by atoms with Crippen molar-refractivity contribution in [1.82, 2.24) is 9.78 Å². The molecule has 0 spiro atoms. The minimum absolute atomic E-state index is 0.00940. The molecule has 0 fully saturated rings. The van der Waals surface area contributed by atoms with Crippen LogP contribution in [0.5, 0.6) is 0 Å².